The normalized spacial score (nSPS) is 17.1. The van der Waals surface area contributed by atoms with Gasteiger partial charge in [-0.2, -0.15) is 13.2 Å². The maximum atomic E-state index is 13.5. The van der Waals surface area contributed by atoms with E-state index in [2.05, 4.69) is 32.1 Å². The van der Waals surface area contributed by atoms with E-state index in [9.17, 15) is 13.2 Å². The van der Waals surface area contributed by atoms with E-state index in [1.54, 1.807) is 0 Å². The summed E-state index contributed by atoms with van der Waals surface area (Å²) in [5.74, 6) is 0.907. The standard InChI is InChI=1S/C19H24F3N5/c1-2-4-15-12-24-13-25-18(15)27-9-6-16(7-10-27)26-17(19(20,21)22)14-5-3-8-23-11-14/h3,5,8,11-13,16-17,26H,2,4,6-7,9-10H2,1H3/t17-/m1/s1. The fraction of sp³-hybridized carbons (Fsp3) is 0.526. The molecule has 0 aromatic carbocycles. The van der Waals surface area contributed by atoms with Crippen molar-refractivity contribution in [2.24, 2.45) is 0 Å². The third-order valence-electron chi connectivity index (χ3n) is 4.83. The molecule has 146 valence electrons. The summed E-state index contributed by atoms with van der Waals surface area (Å²) in [4.78, 5) is 14.5. The Labute approximate surface area is 157 Å². The van der Waals surface area contributed by atoms with Crippen LogP contribution >= 0.6 is 0 Å². The minimum atomic E-state index is -4.36. The molecule has 8 heteroatoms. The lowest BCUT2D eigenvalue weighted by atomic mass is 10.0. The summed E-state index contributed by atoms with van der Waals surface area (Å²) in [6.07, 6.45) is 4.90. The average Bonchev–Trinajstić information content (AvgIpc) is 2.67. The molecular weight excluding hydrogens is 355 g/mol. The van der Waals surface area contributed by atoms with Crippen LogP contribution in [0.4, 0.5) is 19.0 Å². The van der Waals surface area contributed by atoms with Gasteiger partial charge in [-0.05, 0) is 30.9 Å². The number of hydrogen-bond donors (Lipinski definition) is 1. The molecule has 1 saturated heterocycles. The highest BCUT2D eigenvalue weighted by atomic mass is 19.4. The smallest absolute Gasteiger partial charge is 0.356 e. The monoisotopic (exact) mass is 379 g/mol. The number of halogens is 3. The van der Waals surface area contributed by atoms with Crippen LogP contribution in [-0.4, -0.2) is 40.3 Å². The molecule has 1 aliphatic heterocycles. The predicted molar refractivity (Wildman–Crippen MR) is 97.4 cm³/mol. The highest BCUT2D eigenvalue weighted by Crippen LogP contribution is 2.34. The zero-order valence-corrected chi connectivity index (χ0v) is 15.3. The van der Waals surface area contributed by atoms with Crippen LogP contribution in [0.25, 0.3) is 0 Å². The van der Waals surface area contributed by atoms with Crippen molar-refractivity contribution in [3.05, 3.63) is 48.2 Å². The highest BCUT2D eigenvalue weighted by Gasteiger charge is 2.42. The molecule has 0 bridgehead atoms. The second-order valence-electron chi connectivity index (χ2n) is 6.81. The minimum absolute atomic E-state index is 0.147. The molecule has 0 aliphatic carbocycles. The summed E-state index contributed by atoms with van der Waals surface area (Å²) in [5.41, 5.74) is 1.24. The molecule has 27 heavy (non-hydrogen) atoms. The van der Waals surface area contributed by atoms with Crippen LogP contribution in [0.15, 0.2) is 37.1 Å². The van der Waals surface area contributed by atoms with Gasteiger partial charge in [-0.1, -0.05) is 19.4 Å². The zero-order valence-electron chi connectivity index (χ0n) is 15.3. The third kappa shape index (κ3) is 4.94. The van der Waals surface area contributed by atoms with E-state index in [-0.39, 0.29) is 11.6 Å². The van der Waals surface area contributed by atoms with Crippen LogP contribution < -0.4 is 10.2 Å². The minimum Gasteiger partial charge on any atom is -0.356 e. The molecule has 3 heterocycles. The molecular formula is C19H24F3N5. The fourth-order valence-electron chi connectivity index (χ4n) is 3.50. The fourth-order valence-corrected chi connectivity index (χ4v) is 3.50. The number of aryl methyl sites for hydroxylation is 1. The molecule has 0 saturated carbocycles. The lowest BCUT2D eigenvalue weighted by Crippen LogP contribution is -2.47. The first kappa shape index (κ1) is 19.5. The van der Waals surface area contributed by atoms with Gasteiger partial charge in [-0.15, -0.1) is 0 Å². The van der Waals surface area contributed by atoms with E-state index in [0.717, 1.165) is 24.2 Å². The Morgan fingerprint density at radius 2 is 2.00 bits per heavy atom. The molecule has 2 aromatic heterocycles. The molecule has 2 aromatic rings. The number of alkyl halides is 3. The van der Waals surface area contributed by atoms with Gasteiger partial charge < -0.3 is 4.90 Å². The van der Waals surface area contributed by atoms with Crippen molar-refractivity contribution in [1.29, 1.82) is 0 Å². The maximum absolute atomic E-state index is 13.5. The van der Waals surface area contributed by atoms with Gasteiger partial charge in [-0.3, -0.25) is 10.3 Å². The SMILES string of the molecule is CCCc1cncnc1N1CCC(N[C@H](c2cccnc2)C(F)(F)F)CC1. The van der Waals surface area contributed by atoms with Crippen LogP contribution in [0.2, 0.25) is 0 Å². The van der Waals surface area contributed by atoms with Gasteiger partial charge in [0.05, 0.1) is 0 Å². The third-order valence-corrected chi connectivity index (χ3v) is 4.83. The Bertz CT molecular complexity index is 715. The Kier molecular flexibility index (Phi) is 6.26. The first-order valence-electron chi connectivity index (χ1n) is 9.25. The number of nitrogens with one attached hydrogen (secondary N) is 1. The van der Waals surface area contributed by atoms with Crippen molar-refractivity contribution in [2.75, 3.05) is 18.0 Å². The summed E-state index contributed by atoms with van der Waals surface area (Å²) in [6.45, 7) is 3.44. The van der Waals surface area contributed by atoms with Crippen LogP contribution in [0.5, 0.6) is 0 Å². The van der Waals surface area contributed by atoms with Crippen LogP contribution in [0.1, 0.15) is 43.4 Å². The molecule has 1 aliphatic rings. The number of anilines is 1. The topological polar surface area (TPSA) is 53.9 Å². The van der Waals surface area contributed by atoms with Crippen molar-refractivity contribution in [1.82, 2.24) is 20.3 Å². The first-order valence-corrected chi connectivity index (χ1v) is 9.25. The highest BCUT2D eigenvalue weighted by molar-refractivity contribution is 5.46. The van der Waals surface area contributed by atoms with E-state index < -0.39 is 12.2 Å². The summed E-state index contributed by atoms with van der Waals surface area (Å²) < 4.78 is 40.6. The number of nitrogens with zero attached hydrogens (tertiary/aromatic N) is 4. The predicted octanol–water partition coefficient (Wildman–Crippen LogP) is 3.69. The van der Waals surface area contributed by atoms with E-state index in [1.807, 2.05) is 6.20 Å². The van der Waals surface area contributed by atoms with Gasteiger partial charge in [0.25, 0.3) is 0 Å². The summed E-state index contributed by atoms with van der Waals surface area (Å²) in [5, 5.41) is 2.80. The van der Waals surface area contributed by atoms with Crippen molar-refractivity contribution < 1.29 is 13.2 Å². The Balaban J connectivity index is 1.65. The van der Waals surface area contributed by atoms with E-state index in [1.165, 1.54) is 30.9 Å². The molecule has 5 nitrogen and oxygen atoms in total. The van der Waals surface area contributed by atoms with Crippen molar-refractivity contribution in [3.63, 3.8) is 0 Å². The molecule has 3 rings (SSSR count). The van der Waals surface area contributed by atoms with Gasteiger partial charge in [0.15, 0.2) is 0 Å². The van der Waals surface area contributed by atoms with Gasteiger partial charge in [-0.25, -0.2) is 9.97 Å². The molecule has 0 unspecified atom stereocenters. The largest absolute Gasteiger partial charge is 0.407 e. The molecule has 1 fully saturated rings. The number of aromatic nitrogens is 3. The number of hydrogen-bond acceptors (Lipinski definition) is 5. The van der Waals surface area contributed by atoms with Crippen molar-refractivity contribution in [3.8, 4) is 0 Å². The molecule has 0 spiro atoms. The van der Waals surface area contributed by atoms with Crippen molar-refractivity contribution >= 4 is 5.82 Å². The molecule has 0 amide bonds. The lowest BCUT2D eigenvalue weighted by Gasteiger charge is -2.36. The molecule has 0 radical (unpaired) electrons. The molecule has 1 atom stereocenters. The Morgan fingerprint density at radius 1 is 1.22 bits per heavy atom. The maximum Gasteiger partial charge on any atom is 0.407 e. The Morgan fingerprint density at radius 3 is 2.63 bits per heavy atom. The van der Waals surface area contributed by atoms with Crippen LogP contribution in [-0.2, 0) is 6.42 Å². The summed E-state index contributed by atoms with van der Waals surface area (Å²) in [6, 6.07) is 1.09. The van der Waals surface area contributed by atoms with Gasteiger partial charge >= 0.3 is 6.18 Å². The number of piperidine rings is 1. The van der Waals surface area contributed by atoms with Gasteiger partial charge in [0.2, 0.25) is 0 Å². The quantitative estimate of drug-likeness (QED) is 0.830. The Hall–Kier alpha value is -2.22. The molecule has 1 N–H and O–H groups in total. The van der Waals surface area contributed by atoms with E-state index in [4.69, 9.17) is 0 Å². The lowest BCUT2D eigenvalue weighted by molar-refractivity contribution is -0.160. The van der Waals surface area contributed by atoms with Gasteiger partial charge in [0.1, 0.15) is 18.2 Å². The second kappa shape index (κ2) is 8.65. The summed E-state index contributed by atoms with van der Waals surface area (Å²) >= 11 is 0. The van der Waals surface area contributed by atoms with E-state index >= 15 is 0 Å². The summed E-state index contributed by atoms with van der Waals surface area (Å²) in [7, 11) is 0. The van der Waals surface area contributed by atoms with Crippen molar-refractivity contribution in [2.45, 2.75) is 50.9 Å². The van der Waals surface area contributed by atoms with E-state index in [0.29, 0.717) is 25.9 Å². The number of pyridine rings is 1. The second-order valence-corrected chi connectivity index (χ2v) is 6.81. The van der Waals surface area contributed by atoms with Crippen LogP contribution in [0.3, 0.4) is 0 Å². The van der Waals surface area contributed by atoms with Crippen LogP contribution in [0, 0.1) is 0 Å². The number of rotatable bonds is 6. The zero-order chi connectivity index (χ0) is 19.3. The van der Waals surface area contributed by atoms with Gasteiger partial charge in [0, 0.05) is 43.3 Å². The average molecular weight is 379 g/mol. The first-order chi connectivity index (χ1) is 13.0.